The molecule has 7 nitrogen and oxygen atoms in total. The molecule has 0 bridgehead atoms. The first kappa shape index (κ1) is 19.4. The van der Waals surface area contributed by atoms with Crippen LogP contribution in [-0.2, 0) is 18.9 Å². The van der Waals surface area contributed by atoms with E-state index in [0.717, 1.165) is 75.5 Å². The molecule has 4 aliphatic rings. The maximum atomic E-state index is 6.41. The molecule has 164 valence electrons. The lowest BCUT2D eigenvalue weighted by molar-refractivity contribution is 0.387. The van der Waals surface area contributed by atoms with Gasteiger partial charge in [0.1, 0.15) is 5.75 Å². The molecule has 0 spiro atoms. The Balaban J connectivity index is 1.21. The Morgan fingerprint density at radius 3 is 1.81 bits per heavy atom. The molecule has 7 heteroatoms. The molecular formula is C24H28N2O5. The molecule has 4 atom stereocenters. The first-order chi connectivity index (χ1) is 15.3. The normalized spacial score (nSPS) is 27.5. The van der Waals surface area contributed by atoms with E-state index in [9.17, 15) is 0 Å². The Morgan fingerprint density at radius 2 is 1.23 bits per heavy atom. The molecule has 2 aromatic rings. The summed E-state index contributed by atoms with van der Waals surface area (Å²) in [5.74, 6) is 1.68. The molecule has 31 heavy (non-hydrogen) atoms. The molecule has 0 aliphatic carbocycles. The van der Waals surface area contributed by atoms with Gasteiger partial charge in [0.15, 0.2) is 5.75 Å². The van der Waals surface area contributed by atoms with Crippen LogP contribution in [0, 0.1) is 0 Å². The van der Waals surface area contributed by atoms with Crippen molar-refractivity contribution in [1.29, 1.82) is 0 Å². The smallest absolute Gasteiger partial charge is 0.150 e. The van der Waals surface area contributed by atoms with Crippen LogP contribution in [0.25, 0.3) is 0 Å². The van der Waals surface area contributed by atoms with Crippen LogP contribution in [0.5, 0.6) is 11.5 Å². The highest BCUT2D eigenvalue weighted by atomic mass is 16.6. The fraction of sp³-hybridized carbons (Fsp3) is 0.500. The Morgan fingerprint density at radius 1 is 0.677 bits per heavy atom. The van der Waals surface area contributed by atoms with Crippen molar-refractivity contribution in [1.82, 2.24) is 0 Å². The summed E-state index contributed by atoms with van der Waals surface area (Å²) in [6, 6.07) is 16.5. The number of ether oxygens (including phenoxy) is 5. The highest BCUT2D eigenvalue weighted by molar-refractivity contribution is 5.61. The molecule has 2 aromatic carbocycles. The van der Waals surface area contributed by atoms with Gasteiger partial charge in [0.25, 0.3) is 0 Å². The van der Waals surface area contributed by atoms with Crippen molar-refractivity contribution in [2.24, 2.45) is 0 Å². The number of benzene rings is 2. The lowest BCUT2D eigenvalue weighted by Gasteiger charge is -2.26. The largest absolute Gasteiger partial charge is 0.455 e. The topological polar surface area (TPSA) is 65.8 Å². The van der Waals surface area contributed by atoms with Crippen molar-refractivity contribution >= 4 is 11.4 Å². The number of nitrogens with zero attached hydrogens (tertiary/aromatic N) is 2. The van der Waals surface area contributed by atoms with Crippen LogP contribution in [0.2, 0.25) is 0 Å². The second-order valence-corrected chi connectivity index (χ2v) is 8.70. The van der Waals surface area contributed by atoms with Gasteiger partial charge >= 0.3 is 0 Å². The molecule has 0 aromatic heterocycles. The number of epoxide rings is 4. The maximum absolute atomic E-state index is 6.41. The maximum Gasteiger partial charge on any atom is 0.150 e. The molecule has 4 fully saturated rings. The van der Waals surface area contributed by atoms with Gasteiger partial charge in [-0.1, -0.05) is 18.2 Å². The Bertz CT molecular complexity index is 880. The van der Waals surface area contributed by atoms with Crippen LogP contribution in [0.15, 0.2) is 48.5 Å². The minimum atomic E-state index is 0.304. The first-order valence-corrected chi connectivity index (χ1v) is 11.1. The number of para-hydroxylation sites is 2. The Hall–Kier alpha value is -2.32. The summed E-state index contributed by atoms with van der Waals surface area (Å²) in [4.78, 5) is 4.67. The van der Waals surface area contributed by atoms with Gasteiger partial charge in [-0.05, 0) is 24.3 Å². The molecule has 0 saturated carbocycles. The molecule has 4 saturated heterocycles. The predicted octanol–water partition coefficient (Wildman–Crippen LogP) is 2.69. The van der Waals surface area contributed by atoms with Crippen molar-refractivity contribution in [2.75, 3.05) is 62.4 Å². The van der Waals surface area contributed by atoms with E-state index in [1.54, 1.807) is 0 Å². The summed E-state index contributed by atoms with van der Waals surface area (Å²) < 4.78 is 28.3. The Kier molecular flexibility index (Phi) is 5.20. The van der Waals surface area contributed by atoms with E-state index in [-0.39, 0.29) is 0 Å². The van der Waals surface area contributed by atoms with Crippen molar-refractivity contribution in [3.05, 3.63) is 48.5 Å². The first-order valence-electron chi connectivity index (χ1n) is 11.1. The van der Waals surface area contributed by atoms with Gasteiger partial charge in [-0.3, -0.25) is 0 Å². The fourth-order valence-electron chi connectivity index (χ4n) is 3.91. The van der Waals surface area contributed by atoms with Crippen LogP contribution in [0.4, 0.5) is 11.4 Å². The van der Waals surface area contributed by atoms with E-state index in [1.807, 2.05) is 18.2 Å². The minimum absolute atomic E-state index is 0.304. The minimum Gasteiger partial charge on any atom is -0.455 e. The molecule has 0 amide bonds. The average molecular weight is 424 g/mol. The second-order valence-electron chi connectivity index (χ2n) is 8.70. The summed E-state index contributed by atoms with van der Waals surface area (Å²) in [6.45, 7) is 6.84. The van der Waals surface area contributed by atoms with Crippen molar-refractivity contribution < 1.29 is 23.7 Å². The van der Waals surface area contributed by atoms with E-state index in [2.05, 4.69) is 40.1 Å². The highest BCUT2D eigenvalue weighted by Gasteiger charge is 2.33. The summed E-state index contributed by atoms with van der Waals surface area (Å²) in [5.41, 5.74) is 2.21. The van der Waals surface area contributed by atoms with E-state index < -0.39 is 0 Å². The third-order valence-corrected chi connectivity index (χ3v) is 5.92. The lowest BCUT2D eigenvalue weighted by atomic mass is 10.2. The van der Waals surface area contributed by atoms with Gasteiger partial charge < -0.3 is 33.5 Å². The van der Waals surface area contributed by atoms with Gasteiger partial charge in [0.2, 0.25) is 0 Å². The van der Waals surface area contributed by atoms with E-state index >= 15 is 0 Å². The second kappa shape index (κ2) is 8.31. The van der Waals surface area contributed by atoms with Crippen LogP contribution in [0.3, 0.4) is 0 Å². The molecule has 0 N–H and O–H groups in total. The zero-order valence-electron chi connectivity index (χ0n) is 17.5. The SMILES string of the molecule is c1cc(Oc2ccccc2N(CC2CO2)CC2CO2)cc(N(CC2CO2)CC2CO2)c1. The number of anilines is 2. The van der Waals surface area contributed by atoms with Gasteiger partial charge in [-0.15, -0.1) is 0 Å². The molecule has 4 heterocycles. The monoisotopic (exact) mass is 424 g/mol. The van der Waals surface area contributed by atoms with Gasteiger partial charge in [-0.2, -0.15) is 0 Å². The van der Waals surface area contributed by atoms with Crippen LogP contribution >= 0.6 is 0 Å². The quantitative estimate of drug-likeness (QED) is 0.486. The van der Waals surface area contributed by atoms with Gasteiger partial charge in [-0.25, -0.2) is 0 Å². The van der Waals surface area contributed by atoms with E-state index in [1.165, 1.54) is 0 Å². The standard InChI is InChI=1S/C24H28N2O5/c1-2-7-24(23(6-1)26(11-21-15-29-21)12-22-16-30-22)31-18-5-3-4-17(8-18)25(9-19-13-27-19)10-20-14-28-20/h1-8,19-22H,9-16H2. The summed E-state index contributed by atoms with van der Waals surface area (Å²) in [7, 11) is 0. The molecule has 4 unspecified atom stereocenters. The van der Waals surface area contributed by atoms with Crippen LogP contribution < -0.4 is 14.5 Å². The van der Waals surface area contributed by atoms with Crippen molar-refractivity contribution in [2.45, 2.75) is 24.4 Å². The number of rotatable bonds is 12. The zero-order chi connectivity index (χ0) is 20.6. The van der Waals surface area contributed by atoms with Gasteiger partial charge in [0.05, 0.1) is 56.5 Å². The molecular weight excluding hydrogens is 396 g/mol. The van der Waals surface area contributed by atoms with E-state index in [4.69, 9.17) is 23.7 Å². The molecule has 6 rings (SSSR count). The molecule has 0 radical (unpaired) electrons. The molecule has 4 aliphatic heterocycles. The van der Waals surface area contributed by atoms with Crippen molar-refractivity contribution in [3.63, 3.8) is 0 Å². The number of hydrogen-bond donors (Lipinski definition) is 0. The van der Waals surface area contributed by atoms with E-state index in [0.29, 0.717) is 24.4 Å². The summed E-state index contributed by atoms with van der Waals surface area (Å²) in [6.07, 6.45) is 1.26. The van der Waals surface area contributed by atoms with Gasteiger partial charge in [0, 0.05) is 37.9 Å². The zero-order valence-corrected chi connectivity index (χ0v) is 17.5. The third kappa shape index (κ3) is 5.30. The van der Waals surface area contributed by atoms with Crippen molar-refractivity contribution in [3.8, 4) is 11.5 Å². The van der Waals surface area contributed by atoms with Crippen LogP contribution in [0.1, 0.15) is 0 Å². The lowest BCUT2D eigenvalue weighted by Crippen LogP contribution is -2.32. The predicted molar refractivity (Wildman–Crippen MR) is 116 cm³/mol. The summed E-state index contributed by atoms with van der Waals surface area (Å²) in [5, 5.41) is 0. The summed E-state index contributed by atoms with van der Waals surface area (Å²) >= 11 is 0. The fourth-order valence-corrected chi connectivity index (χ4v) is 3.91. The highest BCUT2D eigenvalue weighted by Crippen LogP contribution is 2.35. The average Bonchev–Trinajstić information content (AvgIpc) is 3.62. The van der Waals surface area contributed by atoms with Crippen LogP contribution in [-0.4, -0.2) is 77.0 Å². The Labute approximate surface area is 182 Å². The third-order valence-electron chi connectivity index (χ3n) is 5.92. The number of hydrogen-bond acceptors (Lipinski definition) is 7.